The highest BCUT2D eigenvalue weighted by Gasteiger charge is 2.27. The number of carbonyl (C=O) groups is 1. The summed E-state index contributed by atoms with van der Waals surface area (Å²) < 4.78 is 25.4. The quantitative estimate of drug-likeness (QED) is 0.886. The molecule has 16 heavy (non-hydrogen) atoms. The summed E-state index contributed by atoms with van der Waals surface area (Å²) in [4.78, 5) is 10.5. The van der Waals surface area contributed by atoms with Gasteiger partial charge >= 0.3 is 5.97 Å². The van der Waals surface area contributed by atoms with Crippen LogP contribution in [0.4, 0.5) is 8.78 Å². The van der Waals surface area contributed by atoms with Gasteiger partial charge < -0.3 is 5.11 Å². The second-order valence-corrected chi connectivity index (χ2v) is 3.97. The molecule has 0 aromatic heterocycles. The zero-order chi connectivity index (χ0) is 12.3. The van der Waals surface area contributed by atoms with Gasteiger partial charge in [0.2, 0.25) is 6.43 Å². The van der Waals surface area contributed by atoms with Gasteiger partial charge in [0.15, 0.2) is 0 Å². The van der Waals surface area contributed by atoms with Gasteiger partial charge in [-0.15, -0.1) is 0 Å². The van der Waals surface area contributed by atoms with Gasteiger partial charge in [-0.3, -0.25) is 4.79 Å². The lowest BCUT2D eigenvalue weighted by molar-refractivity contribution is -0.138. The molecule has 88 valence electrons. The molecule has 0 bridgehead atoms. The number of aliphatic carboxylic acids is 1. The van der Waals surface area contributed by atoms with E-state index < -0.39 is 24.7 Å². The van der Waals surface area contributed by atoms with Gasteiger partial charge in [-0.1, -0.05) is 23.7 Å². The molecular formula is C11H11ClF2O2. The van der Waals surface area contributed by atoms with Gasteiger partial charge in [-0.2, -0.15) is 0 Å². The molecule has 0 aliphatic rings. The van der Waals surface area contributed by atoms with Crippen LogP contribution in [0.15, 0.2) is 18.2 Å². The van der Waals surface area contributed by atoms with Crippen LogP contribution in [-0.2, 0) is 4.79 Å². The summed E-state index contributed by atoms with van der Waals surface area (Å²) in [6.07, 6.45) is -3.36. The van der Waals surface area contributed by atoms with Crippen molar-refractivity contribution in [3.63, 3.8) is 0 Å². The van der Waals surface area contributed by atoms with E-state index in [1.807, 2.05) is 0 Å². The third kappa shape index (κ3) is 3.17. The molecule has 0 aliphatic carbocycles. The third-order valence-corrected chi connectivity index (χ3v) is 2.58. The molecule has 1 aromatic rings. The van der Waals surface area contributed by atoms with E-state index in [2.05, 4.69) is 0 Å². The zero-order valence-corrected chi connectivity index (χ0v) is 9.34. The lowest BCUT2D eigenvalue weighted by Crippen LogP contribution is -2.14. The number of benzene rings is 1. The number of rotatable bonds is 4. The number of hydrogen-bond acceptors (Lipinski definition) is 1. The summed E-state index contributed by atoms with van der Waals surface area (Å²) in [5.41, 5.74) is 1.03. The van der Waals surface area contributed by atoms with E-state index >= 15 is 0 Å². The van der Waals surface area contributed by atoms with E-state index in [0.29, 0.717) is 0 Å². The van der Waals surface area contributed by atoms with Crippen LogP contribution in [0, 0.1) is 6.92 Å². The lowest BCUT2D eigenvalue weighted by atomic mass is 9.95. The molecular weight excluding hydrogens is 238 g/mol. The first kappa shape index (κ1) is 12.9. The zero-order valence-electron chi connectivity index (χ0n) is 8.58. The molecule has 0 saturated carbocycles. The highest BCUT2D eigenvalue weighted by Crippen LogP contribution is 2.32. The van der Waals surface area contributed by atoms with E-state index in [1.165, 1.54) is 6.07 Å². The Morgan fingerprint density at radius 3 is 2.56 bits per heavy atom. The van der Waals surface area contributed by atoms with E-state index in [4.69, 9.17) is 16.7 Å². The maximum absolute atomic E-state index is 12.7. The summed E-state index contributed by atoms with van der Waals surface area (Å²) in [6.45, 7) is 1.78. The third-order valence-electron chi connectivity index (χ3n) is 2.25. The minimum Gasteiger partial charge on any atom is -0.481 e. The molecule has 1 rings (SSSR count). The average molecular weight is 249 g/mol. The van der Waals surface area contributed by atoms with Crippen LogP contribution in [-0.4, -0.2) is 17.5 Å². The van der Waals surface area contributed by atoms with Gasteiger partial charge in [0.25, 0.3) is 0 Å². The molecule has 0 aliphatic heterocycles. The van der Waals surface area contributed by atoms with Crippen LogP contribution >= 0.6 is 11.6 Å². The summed E-state index contributed by atoms with van der Waals surface area (Å²) in [6, 6.07) is 4.64. The summed E-state index contributed by atoms with van der Waals surface area (Å²) in [5.74, 6) is -2.62. The van der Waals surface area contributed by atoms with Gasteiger partial charge in [0, 0.05) is 5.02 Å². The largest absolute Gasteiger partial charge is 0.481 e. The monoisotopic (exact) mass is 248 g/mol. The number of hydrogen-bond donors (Lipinski definition) is 1. The Morgan fingerprint density at radius 2 is 2.12 bits per heavy atom. The van der Waals surface area contributed by atoms with Crippen LogP contribution in [0.25, 0.3) is 0 Å². The minimum atomic E-state index is -2.74. The molecule has 0 radical (unpaired) electrons. The highest BCUT2D eigenvalue weighted by atomic mass is 35.5. The van der Waals surface area contributed by atoms with E-state index in [9.17, 15) is 13.6 Å². The average Bonchev–Trinajstić information content (AvgIpc) is 2.14. The van der Waals surface area contributed by atoms with Crippen LogP contribution in [0.2, 0.25) is 5.02 Å². The van der Waals surface area contributed by atoms with Crippen molar-refractivity contribution in [2.75, 3.05) is 0 Å². The molecule has 2 nitrogen and oxygen atoms in total. The molecule has 1 aromatic carbocycles. The first-order valence-corrected chi connectivity index (χ1v) is 5.05. The maximum atomic E-state index is 12.7. The Hall–Kier alpha value is -1.16. The number of halogens is 3. The van der Waals surface area contributed by atoms with Crippen molar-refractivity contribution in [2.45, 2.75) is 25.7 Å². The second kappa shape index (κ2) is 5.25. The van der Waals surface area contributed by atoms with Crippen LogP contribution in [0.1, 0.15) is 23.5 Å². The molecule has 1 atom stereocenters. The van der Waals surface area contributed by atoms with Crippen molar-refractivity contribution < 1.29 is 18.7 Å². The van der Waals surface area contributed by atoms with Crippen molar-refractivity contribution in [1.82, 2.24) is 0 Å². The van der Waals surface area contributed by atoms with Gasteiger partial charge in [0.1, 0.15) is 0 Å². The number of carboxylic acid groups (broad SMARTS) is 1. The Bertz CT molecular complexity index is 394. The van der Waals surface area contributed by atoms with E-state index in [-0.39, 0.29) is 10.6 Å². The fraction of sp³-hybridized carbons (Fsp3) is 0.364. The SMILES string of the molecule is Cc1ccc(C(CC(=O)O)C(F)F)c(Cl)c1. The van der Waals surface area contributed by atoms with E-state index in [1.54, 1.807) is 19.1 Å². The second-order valence-electron chi connectivity index (χ2n) is 3.56. The van der Waals surface area contributed by atoms with Gasteiger partial charge in [-0.25, -0.2) is 8.78 Å². The van der Waals surface area contributed by atoms with Crippen molar-refractivity contribution in [1.29, 1.82) is 0 Å². The number of alkyl halides is 2. The number of carboxylic acids is 1. The molecule has 5 heteroatoms. The summed E-state index contributed by atoms with van der Waals surface area (Å²) in [5, 5.41) is 8.75. The standard InChI is InChI=1S/C11H11ClF2O2/c1-6-2-3-7(9(12)4-6)8(11(13)14)5-10(15)16/h2-4,8,11H,5H2,1H3,(H,15,16). The predicted molar refractivity (Wildman–Crippen MR) is 57.2 cm³/mol. The number of aryl methyl sites for hydroxylation is 1. The summed E-state index contributed by atoms with van der Waals surface area (Å²) >= 11 is 5.83. The van der Waals surface area contributed by atoms with Crippen LogP contribution < -0.4 is 0 Å². The molecule has 0 amide bonds. The Kier molecular flexibility index (Phi) is 4.24. The Balaban J connectivity index is 3.05. The predicted octanol–water partition coefficient (Wildman–Crippen LogP) is 3.47. The lowest BCUT2D eigenvalue weighted by Gasteiger charge is -2.16. The Labute approximate surface area is 96.8 Å². The highest BCUT2D eigenvalue weighted by molar-refractivity contribution is 6.31. The molecule has 0 fully saturated rings. The fourth-order valence-electron chi connectivity index (χ4n) is 1.46. The normalized spacial score (nSPS) is 12.8. The summed E-state index contributed by atoms with van der Waals surface area (Å²) in [7, 11) is 0. The van der Waals surface area contributed by atoms with Gasteiger partial charge in [0.05, 0.1) is 12.3 Å². The van der Waals surface area contributed by atoms with Crippen molar-refractivity contribution in [3.05, 3.63) is 34.3 Å². The smallest absolute Gasteiger partial charge is 0.304 e. The molecule has 0 spiro atoms. The topological polar surface area (TPSA) is 37.3 Å². The van der Waals surface area contributed by atoms with Crippen molar-refractivity contribution >= 4 is 17.6 Å². The fourth-order valence-corrected chi connectivity index (χ4v) is 1.83. The molecule has 0 saturated heterocycles. The first-order chi connectivity index (χ1) is 7.41. The van der Waals surface area contributed by atoms with Gasteiger partial charge in [-0.05, 0) is 24.1 Å². The maximum Gasteiger partial charge on any atom is 0.304 e. The Morgan fingerprint density at radius 1 is 1.50 bits per heavy atom. The van der Waals surface area contributed by atoms with Crippen molar-refractivity contribution in [3.8, 4) is 0 Å². The van der Waals surface area contributed by atoms with Crippen LogP contribution in [0.3, 0.4) is 0 Å². The first-order valence-electron chi connectivity index (χ1n) is 4.67. The van der Waals surface area contributed by atoms with Crippen molar-refractivity contribution in [2.24, 2.45) is 0 Å². The van der Waals surface area contributed by atoms with Crippen LogP contribution in [0.5, 0.6) is 0 Å². The molecule has 1 unspecified atom stereocenters. The molecule has 1 N–H and O–H groups in total. The minimum absolute atomic E-state index is 0.185. The molecule has 0 heterocycles. The van der Waals surface area contributed by atoms with E-state index in [0.717, 1.165) is 5.56 Å².